The summed E-state index contributed by atoms with van der Waals surface area (Å²) in [5.41, 5.74) is 10.3. The van der Waals surface area contributed by atoms with Crippen LogP contribution in [-0.2, 0) is 6.54 Å². The first kappa shape index (κ1) is 22.7. The molecule has 13 heteroatoms. The first-order valence-corrected chi connectivity index (χ1v) is 9.77. The standard InChI is InChI=1S/C18H20ClN9O2.ClH/c1-11(12-6-2-3-7-13(12)19)21-23-18(29)15-14(10-27-8-4-5-9-27)22-26-28(15)17-16(20)24-30-25-17;/h2-3,6-7H,4-5,8-10H2,1H3,(H2,20,24)(H,23,29);1H/b21-11+;. The number of carbonyl (C=O) groups is 1. The van der Waals surface area contributed by atoms with Crippen LogP contribution in [0.15, 0.2) is 34.0 Å². The van der Waals surface area contributed by atoms with Crippen LogP contribution in [0.5, 0.6) is 0 Å². The molecule has 0 atom stereocenters. The van der Waals surface area contributed by atoms with Crippen molar-refractivity contribution in [2.45, 2.75) is 26.3 Å². The molecule has 0 spiro atoms. The number of nitrogens with two attached hydrogens (primary N) is 1. The molecule has 0 bridgehead atoms. The van der Waals surface area contributed by atoms with E-state index in [0.29, 0.717) is 28.5 Å². The fraction of sp³-hybridized carbons (Fsp3) is 0.333. The van der Waals surface area contributed by atoms with Crippen LogP contribution in [0.4, 0.5) is 5.82 Å². The Morgan fingerprint density at radius 3 is 2.71 bits per heavy atom. The first-order chi connectivity index (χ1) is 14.5. The van der Waals surface area contributed by atoms with Gasteiger partial charge in [-0.15, -0.1) is 17.5 Å². The summed E-state index contributed by atoms with van der Waals surface area (Å²) in [5.74, 6) is -0.424. The van der Waals surface area contributed by atoms with E-state index in [1.54, 1.807) is 13.0 Å². The van der Waals surface area contributed by atoms with E-state index in [-0.39, 0.29) is 29.7 Å². The molecule has 3 N–H and O–H groups in total. The Kier molecular flexibility index (Phi) is 7.21. The number of aromatic nitrogens is 5. The highest BCUT2D eigenvalue weighted by atomic mass is 35.5. The largest absolute Gasteiger partial charge is 0.378 e. The van der Waals surface area contributed by atoms with Crippen molar-refractivity contribution >= 4 is 41.4 Å². The maximum atomic E-state index is 13.1. The number of amides is 1. The number of halogens is 2. The van der Waals surface area contributed by atoms with Crippen LogP contribution in [0, 0.1) is 0 Å². The molecule has 1 fully saturated rings. The molecule has 3 heterocycles. The third-order valence-corrected chi connectivity index (χ3v) is 5.14. The molecule has 0 aliphatic carbocycles. The van der Waals surface area contributed by atoms with Crippen LogP contribution in [0.25, 0.3) is 5.82 Å². The molecule has 1 aliphatic rings. The molecule has 1 aromatic carbocycles. The van der Waals surface area contributed by atoms with Gasteiger partial charge in [-0.05, 0) is 49.2 Å². The average Bonchev–Trinajstić information content (AvgIpc) is 3.48. The second-order valence-corrected chi connectivity index (χ2v) is 7.28. The highest BCUT2D eigenvalue weighted by Gasteiger charge is 2.27. The number of likely N-dealkylation sites (tertiary alicyclic amines) is 1. The third-order valence-electron chi connectivity index (χ3n) is 4.81. The second kappa shape index (κ2) is 9.86. The van der Waals surface area contributed by atoms with Gasteiger partial charge < -0.3 is 5.73 Å². The quantitative estimate of drug-likeness (QED) is 0.416. The first-order valence-electron chi connectivity index (χ1n) is 9.39. The fourth-order valence-electron chi connectivity index (χ4n) is 3.29. The fourth-order valence-corrected chi connectivity index (χ4v) is 3.56. The molecule has 11 nitrogen and oxygen atoms in total. The van der Waals surface area contributed by atoms with Gasteiger partial charge in [0.05, 0.1) is 5.71 Å². The molecule has 1 aliphatic heterocycles. The molecule has 0 saturated carbocycles. The number of hydrogen-bond donors (Lipinski definition) is 2. The van der Waals surface area contributed by atoms with Gasteiger partial charge in [0, 0.05) is 17.1 Å². The zero-order chi connectivity index (χ0) is 21.1. The van der Waals surface area contributed by atoms with Crippen molar-refractivity contribution in [2.24, 2.45) is 5.10 Å². The molecular formula is C18H21Cl2N9O2. The van der Waals surface area contributed by atoms with Crippen molar-refractivity contribution in [3.8, 4) is 5.82 Å². The maximum absolute atomic E-state index is 13.1. The van der Waals surface area contributed by atoms with E-state index in [2.05, 4.69) is 40.7 Å². The number of nitrogen functional groups attached to an aromatic ring is 1. The van der Waals surface area contributed by atoms with Crippen molar-refractivity contribution < 1.29 is 9.42 Å². The van der Waals surface area contributed by atoms with Gasteiger partial charge >= 0.3 is 0 Å². The smallest absolute Gasteiger partial charge is 0.292 e. The summed E-state index contributed by atoms with van der Waals surface area (Å²) in [4.78, 5) is 15.3. The highest BCUT2D eigenvalue weighted by molar-refractivity contribution is 6.34. The van der Waals surface area contributed by atoms with Gasteiger partial charge in [0.1, 0.15) is 5.69 Å². The highest BCUT2D eigenvalue weighted by Crippen LogP contribution is 2.19. The predicted octanol–water partition coefficient (Wildman–Crippen LogP) is 2.06. The number of carbonyl (C=O) groups excluding carboxylic acids is 1. The Bertz CT molecular complexity index is 1090. The lowest BCUT2D eigenvalue weighted by molar-refractivity contribution is 0.0945. The summed E-state index contributed by atoms with van der Waals surface area (Å²) >= 11 is 6.20. The Morgan fingerprint density at radius 2 is 2.03 bits per heavy atom. The number of rotatable bonds is 6. The summed E-state index contributed by atoms with van der Waals surface area (Å²) in [7, 11) is 0. The number of hydrazone groups is 1. The Hall–Kier alpha value is -3.02. The minimum atomic E-state index is -0.511. The summed E-state index contributed by atoms with van der Waals surface area (Å²) < 4.78 is 5.86. The van der Waals surface area contributed by atoms with Gasteiger partial charge in [-0.1, -0.05) is 35.0 Å². The van der Waals surface area contributed by atoms with Gasteiger partial charge in [0.25, 0.3) is 5.91 Å². The van der Waals surface area contributed by atoms with Gasteiger partial charge in [-0.25, -0.2) is 10.1 Å². The predicted molar refractivity (Wildman–Crippen MR) is 117 cm³/mol. The van der Waals surface area contributed by atoms with Crippen molar-refractivity contribution in [1.82, 2.24) is 35.6 Å². The zero-order valence-electron chi connectivity index (χ0n) is 16.7. The number of anilines is 1. The normalized spacial score (nSPS) is 14.5. The Balaban J connectivity index is 0.00000272. The van der Waals surface area contributed by atoms with Crippen LogP contribution in [0.3, 0.4) is 0 Å². The minimum Gasteiger partial charge on any atom is -0.378 e. The Morgan fingerprint density at radius 1 is 1.29 bits per heavy atom. The molecular weight excluding hydrogens is 445 g/mol. The van der Waals surface area contributed by atoms with Crippen molar-refractivity contribution in [1.29, 1.82) is 0 Å². The van der Waals surface area contributed by atoms with Crippen LogP contribution in [-0.4, -0.2) is 54.9 Å². The van der Waals surface area contributed by atoms with Gasteiger partial charge in [-0.2, -0.15) is 9.78 Å². The van der Waals surface area contributed by atoms with Crippen LogP contribution >= 0.6 is 24.0 Å². The summed E-state index contributed by atoms with van der Waals surface area (Å²) in [6, 6.07) is 7.24. The van der Waals surface area contributed by atoms with E-state index >= 15 is 0 Å². The molecule has 31 heavy (non-hydrogen) atoms. The number of hydrogen-bond acceptors (Lipinski definition) is 9. The zero-order valence-corrected chi connectivity index (χ0v) is 18.2. The van der Waals surface area contributed by atoms with Crippen LogP contribution in [0.2, 0.25) is 5.02 Å². The van der Waals surface area contributed by atoms with E-state index in [1.165, 1.54) is 4.68 Å². The second-order valence-electron chi connectivity index (χ2n) is 6.87. The lowest BCUT2D eigenvalue weighted by atomic mass is 10.1. The summed E-state index contributed by atoms with van der Waals surface area (Å²) in [6.07, 6.45) is 2.22. The molecule has 4 rings (SSSR count). The van der Waals surface area contributed by atoms with Crippen LogP contribution < -0.4 is 11.2 Å². The van der Waals surface area contributed by atoms with Gasteiger partial charge in [0.2, 0.25) is 11.6 Å². The van der Waals surface area contributed by atoms with E-state index < -0.39 is 5.91 Å². The maximum Gasteiger partial charge on any atom is 0.292 e. The molecule has 2 aromatic heterocycles. The molecule has 164 valence electrons. The molecule has 1 amide bonds. The van der Waals surface area contributed by atoms with Crippen molar-refractivity contribution in [3.63, 3.8) is 0 Å². The molecule has 1 saturated heterocycles. The molecule has 3 aromatic rings. The molecule has 0 unspecified atom stereocenters. The van der Waals surface area contributed by atoms with Crippen LogP contribution in [0.1, 0.15) is 41.5 Å². The Labute approximate surface area is 189 Å². The number of benzene rings is 1. The van der Waals surface area contributed by atoms with E-state index in [0.717, 1.165) is 25.9 Å². The van der Waals surface area contributed by atoms with Gasteiger partial charge in [-0.3, -0.25) is 9.69 Å². The van der Waals surface area contributed by atoms with E-state index in [1.807, 2.05) is 18.2 Å². The van der Waals surface area contributed by atoms with E-state index in [4.69, 9.17) is 17.3 Å². The molecule has 0 radical (unpaired) electrons. The summed E-state index contributed by atoms with van der Waals surface area (Å²) in [5, 5.41) is 20.2. The third kappa shape index (κ3) is 4.84. The lowest BCUT2D eigenvalue weighted by Gasteiger charge is -2.13. The van der Waals surface area contributed by atoms with Crippen molar-refractivity contribution in [2.75, 3.05) is 18.8 Å². The topological polar surface area (TPSA) is 140 Å². The van der Waals surface area contributed by atoms with Gasteiger partial charge in [0.15, 0.2) is 5.69 Å². The minimum absolute atomic E-state index is 0. The SMILES string of the molecule is C/C(=N\NC(=O)c1c(CN2CCCC2)nnn1-c1nonc1N)c1ccccc1Cl.Cl. The average molecular weight is 466 g/mol. The van der Waals surface area contributed by atoms with E-state index in [9.17, 15) is 4.79 Å². The number of nitrogens with one attached hydrogen (secondary N) is 1. The van der Waals surface area contributed by atoms with Crippen molar-refractivity contribution in [3.05, 3.63) is 46.2 Å². The number of nitrogens with zero attached hydrogens (tertiary/aromatic N) is 7. The summed E-state index contributed by atoms with van der Waals surface area (Å²) in [6.45, 7) is 4.10. The lowest BCUT2D eigenvalue weighted by Crippen LogP contribution is -2.26. The monoisotopic (exact) mass is 465 g/mol.